The van der Waals surface area contributed by atoms with Crippen molar-refractivity contribution < 1.29 is 0 Å². The number of thioether (sulfide) groups is 1. The minimum atomic E-state index is 1.70. The first-order valence-corrected chi connectivity index (χ1v) is 4.18. The maximum atomic E-state index is 2.04. The van der Waals surface area contributed by atoms with E-state index in [1.54, 1.807) is 11.8 Å². The molecule has 0 saturated carbocycles. The molecule has 0 aromatic carbocycles. The molecule has 0 radical (unpaired) electrons. The molecule has 0 bridgehead atoms. The van der Waals surface area contributed by atoms with E-state index >= 15 is 0 Å². The highest BCUT2D eigenvalue weighted by Gasteiger charge is 1.60. The van der Waals surface area contributed by atoms with Gasteiger partial charge in [-0.1, -0.05) is 30.4 Å². The van der Waals surface area contributed by atoms with Crippen LogP contribution in [0.3, 0.4) is 0 Å². The Bertz CT molecular complexity index is 121. The molecule has 0 heterocycles. The Morgan fingerprint density at radius 3 is 2.22 bits per heavy atom. The largest absolute Gasteiger partial charge is 0.138 e. The van der Waals surface area contributed by atoms with Crippen LogP contribution in [0.25, 0.3) is 0 Å². The van der Waals surface area contributed by atoms with Crippen LogP contribution in [0.15, 0.2) is 35.8 Å². The molecule has 1 heteroatoms. The van der Waals surface area contributed by atoms with Crippen LogP contribution in [-0.2, 0) is 0 Å². The zero-order valence-electron chi connectivity index (χ0n) is 5.87. The Kier molecular flexibility index (Phi) is 7.21. The van der Waals surface area contributed by atoms with Crippen molar-refractivity contribution in [2.75, 3.05) is 6.26 Å². The van der Waals surface area contributed by atoms with Gasteiger partial charge in [0.1, 0.15) is 0 Å². The van der Waals surface area contributed by atoms with Crippen LogP contribution in [0.4, 0.5) is 0 Å². The van der Waals surface area contributed by atoms with E-state index < -0.39 is 0 Å². The van der Waals surface area contributed by atoms with Crippen LogP contribution in [0, 0.1) is 0 Å². The van der Waals surface area contributed by atoms with Crippen molar-refractivity contribution in [1.29, 1.82) is 0 Å². The van der Waals surface area contributed by atoms with Crippen molar-refractivity contribution in [3.8, 4) is 0 Å². The van der Waals surface area contributed by atoms with E-state index in [1.807, 2.05) is 49.0 Å². The van der Waals surface area contributed by atoms with Crippen LogP contribution in [-0.4, -0.2) is 6.26 Å². The highest BCUT2D eigenvalue weighted by molar-refractivity contribution is 8.01. The molecule has 0 N–H and O–H groups in total. The average molecular weight is 140 g/mol. The fourth-order valence-electron chi connectivity index (χ4n) is 0.363. The zero-order chi connectivity index (χ0) is 6.95. The van der Waals surface area contributed by atoms with Crippen molar-refractivity contribution in [3.05, 3.63) is 35.8 Å². The van der Waals surface area contributed by atoms with Gasteiger partial charge in [-0.2, -0.15) is 0 Å². The molecule has 0 aliphatic carbocycles. The highest BCUT2D eigenvalue weighted by Crippen LogP contribution is 1.92. The van der Waals surface area contributed by atoms with Gasteiger partial charge < -0.3 is 0 Å². The van der Waals surface area contributed by atoms with Crippen molar-refractivity contribution in [1.82, 2.24) is 0 Å². The predicted octanol–water partition coefficient (Wildman–Crippen LogP) is 3.00. The van der Waals surface area contributed by atoms with Crippen molar-refractivity contribution >= 4 is 11.8 Å². The second kappa shape index (κ2) is 7.57. The Morgan fingerprint density at radius 2 is 1.67 bits per heavy atom. The third-order valence-corrected chi connectivity index (χ3v) is 1.17. The SMILES string of the molecule is C\C=C/C=C\C=C\SC. The smallest absolute Gasteiger partial charge is 0.0142 e. The molecule has 0 amide bonds. The Balaban J connectivity index is 3.35. The molecule has 0 aliphatic heterocycles. The van der Waals surface area contributed by atoms with Gasteiger partial charge in [0.25, 0.3) is 0 Å². The summed E-state index contributed by atoms with van der Waals surface area (Å²) >= 11 is 1.70. The number of hydrogen-bond donors (Lipinski definition) is 0. The summed E-state index contributed by atoms with van der Waals surface area (Å²) in [5.41, 5.74) is 0. The molecule has 0 fully saturated rings. The molecule has 0 aliphatic rings. The average Bonchev–Trinajstić information content (AvgIpc) is 1.89. The van der Waals surface area contributed by atoms with Crippen LogP contribution < -0.4 is 0 Å². The Morgan fingerprint density at radius 1 is 1.00 bits per heavy atom. The summed E-state index contributed by atoms with van der Waals surface area (Å²) < 4.78 is 0. The molecule has 0 spiro atoms. The van der Waals surface area contributed by atoms with Crippen LogP contribution in [0.2, 0.25) is 0 Å². The molecule has 0 atom stereocenters. The molecule has 0 saturated heterocycles. The van der Waals surface area contributed by atoms with E-state index in [2.05, 4.69) is 0 Å². The maximum absolute atomic E-state index is 2.04. The third-order valence-electron chi connectivity index (χ3n) is 0.740. The van der Waals surface area contributed by atoms with Gasteiger partial charge >= 0.3 is 0 Å². The van der Waals surface area contributed by atoms with Crippen LogP contribution in [0.5, 0.6) is 0 Å². The summed E-state index contributed by atoms with van der Waals surface area (Å²) in [6.07, 6.45) is 12.1. The minimum absolute atomic E-state index is 1.70. The first-order chi connectivity index (χ1) is 4.41. The fraction of sp³-hybridized carbons (Fsp3) is 0.250. The van der Waals surface area contributed by atoms with Gasteiger partial charge in [-0.15, -0.1) is 11.8 Å². The summed E-state index contributed by atoms with van der Waals surface area (Å²) in [7, 11) is 0. The van der Waals surface area contributed by atoms with E-state index in [9.17, 15) is 0 Å². The van der Waals surface area contributed by atoms with Crippen molar-refractivity contribution in [2.45, 2.75) is 6.92 Å². The summed E-state index contributed by atoms with van der Waals surface area (Å²) in [5, 5.41) is 2.04. The molecule has 9 heavy (non-hydrogen) atoms. The molecule has 0 nitrogen and oxygen atoms in total. The predicted molar refractivity (Wildman–Crippen MR) is 46.6 cm³/mol. The monoisotopic (exact) mass is 140 g/mol. The minimum Gasteiger partial charge on any atom is -0.138 e. The maximum Gasteiger partial charge on any atom is -0.0142 e. The highest BCUT2D eigenvalue weighted by atomic mass is 32.2. The summed E-state index contributed by atoms with van der Waals surface area (Å²) in [6.45, 7) is 2.00. The van der Waals surface area contributed by atoms with Gasteiger partial charge in [0, 0.05) is 0 Å². The quantitative estimate of drug-likeness (QED) is 0.543. The second-order valence-corrected chi connectivity index (χ2v) is 2.22. The molecule has 0 aromatic heterocycles. The molecule has 0 aromatic rings. The first kappa shape index (κ1) is 8.57. The van der Waals surface area contributed by atoms with Crippen LogP contribution in [0.1, 0.15) is 6.92 Å². The van der Waals surface area contributed by atoms with Gasteiger partial charge in [-0.25, -0.2) is 0 Å². The standard InChI is InChI=1S/C8H12S/c1-3-4-5-6-7-8-9-2/h3-8H,1-2H3/b4-3-,6-5-,8-7+. The lowest BCUT2D eigenvalue weighted by atomic mass is 10.4. The lowest BCUT2D eigenvalue weighted by Gasteiger charge is -1.72. The Hall–Kier alpha value is -0.430. The van der Waals surface area contributed by atoms with Gasteiger partial charge in [-0.05, 0) is 18.6 Å². The van der Waals surface area contributed by atoms with Crippen LogP contribution >= 0.6 is 11.8 Å². The van der Waals surface area contributed by atoms with E-state index in [4.69, 9.17) is 0 Å². The van der Waals surface area contributed by atoms with Crippen molar-refractivity contribution in [3.63, 3.8) is 0 Å². The second-order valence-electron chi connectivity index (χ2n) is 1.47. The van der Waals surface area contributed by atoms with E-state index in [0.717, 1.165) is 0 Å². The van der Waals surface area contributed by atoms with E-state index in [1.165, 1.54) is 0 Å². The molecule has 0 unspecified atom stereocenters. The lowest BCUT2D eigenvalue weighted by molar-refractivity contribution is 1.73. The number of allylic oxidation sites excluding steroid dienone is 5. The number of hydrogen-bond acceptors (Lipinski definition) is 1. The topological polar surface area (TPSA) is 0 Å². The summed E-state index contributed by atoms with van der Waals surface area (Å²) in [5.74, 6) is 0. The normalized spacial score (nSPS) is 12.7. The molecule has 0 rings (SSSR count). The van der Waals surface area contributed by atoms with E-state index in [0.29, 0.717) is 0 Å². The summed E-state index contributed by atoms with van der Waals surface area (Å²) in [4.78, 5) is 0. The Labute approximate surface area is 61.3 Å². The molecular formula is C8H12S. The van der Waals surface area contributed by atoms with Gasteiger partial charge in [0.2, 0.25) is 0 Å². The fourth-order valence-corrected chi connectivity index (χ4v) is 0.611. The molecular weight excluding hydrogens is 128 g/mol. The lowest BCUT2D eigenvalue weighted by Crippen LogP contribution is -1.47. The molecule has 50 valence electrons. The summed E-state index contributed by atoms with van der Waals surface area (Å²) in [6, 6.07) is 0. The number of rotatable bonds is 3. The zero-order valence-corrected chi connectivity index (χ0v) is 6.69. The van der Waals surface area contributed by atoms with E-state index in [-0.39, 0.29) is 0 Å². The van der Waals surface area contributed by atoms with Gasteiger partial charge in [0.05, 0.1) is 0 Å². The van der Waals surface area contributed by atoms with Gasteiger partial charge in [-0.3, -0.25) is 0 Å². The first-order valence-electron chi connectivity index (χ1n) is 2.89. The van der Waals surface area contributed by atoms with Crippen molar-refractivity contribution in [2.24, 2.45) is 0 Å². The van der Waals surface area contributed by atoms with Gasteiger partial charge in [0.15, 0.2) is 0 Å². The third kappa shape index (κ3) is 7.57.